The lowest BCUT2D eigenvalue weighted by Gasteiger charge is -2.36. The second-order valence-electron chi connectivity index (χ2n) is 8.98. The van der Waals surface area contributed by atoms with E-state index in [9.17, 15) is 14.7 Å². The number of aromatic amines is 1. The molecule has 0 saturated carbocycles. The van der Waals surface area contributed by atoms with Gasteiger partial charge in [0.1, 0.15) is 5.69 Å². The minimum atomic E-state index is -0.943. The number of carboxylic acid groups (broad SMARTS) is 2. The summed E-state index contributed by atoms with van der Waals surface area (Å²) < 4.78 is 1.36. The third-order valence-corrected chi connectivity index (χ3v) is 7.01. The van der Waals surface area contributed by atoms with E-state index in [0.717, 1.165) is 29.3 Å². The molecule has 3 aromatic rings. The van der Waals surface area contributed by atoms with Crippen molar-refractivity contribution in [3.05, 3.63) is 30.1 Å². The number of carbonyl (C=O) groups excluding carboxylic acids is 1. The molecular weight excluding hydrogens is 454 g/mol. The monoisotopic (exact) mass is 483 g/mol. The number of nitrogens with one attached hydrogen (secondary N) is 2. The quantitative estimate of drug-likeness (QED) is 0.383. The van der Waals surface area contributed by atoms with Crippen molar-refractivity contribution in [3.63, 3.8) is 0 Å². The van der Waals surface area contributed by atoms with Crippen LogP contribution in [0.3, 0.4) is 0 Å². The van der Waals surface area contributed by atoms with Crippen LogP contribution in [0.4, 0.5) is 0 Å². The van der Waals surface area contributed by atoms with Crippen LogP contribution in [-0.2, 0) is 9.59 Å². The summed E-state index contributed by atoms with van der Waals surface area (Å²) in [6.45, 7) is 1.54. The predicted octanol–water partition coefficient (Wildman–Crippen LogP) is 1.91. The van der Waals surface area contributed by atoms with Crippen molar-refractivity contribution in [1.82, 2.24) is 35.4 Å². The maximum absolute atomic E-state index is 12.9. The van der Waals surface area contributed by atoms with Gasteiger partial charge in [-0.3, -0.25) is 14.7 Å². The van der Waals surface area contributed by atoms with Crippen LogP contribution in [0.1, 0.15) is 55.6 Å². The molecule has 2 aromatic heterocycles. The lowest BCUT2D eigenvalue weighted by molar-refractivity contribution is -0.141. The molecule has 2 bridgehead atoms. The van der Waals surface area contributed by atoms with Gasteiger partial charge in [0, 0.05) is 29.1 Å². The van der Waals surface area contributed by atoms with E-state index in [4.69, 9.17) is 9.90 Å². The average Bonchev–Trinajstić information content (AvgIpc) is 3.51. The van der Waals surface area contributed by atoms with E-state index < -0.39 is 12.0 Å². The van der Waals surface area contributed by atoms with Crippen LogP contribution < -0.4 is 5.32 Å². The topological polar surface area (TPSA) is 166 Å². The zero-order valence-electron chi connectivity index (χ0n) is 19.6. The number of hydrogen-bond donors (Lipinski definition) is 4. The van der Waals surface area contributed by atoms with Crippen LogP contribution in [-0.4, -0.2) is 83.8 Å². The molecule has 2 saturated heterocycles. The number of H-pyrrole nitrogens is 1. The van der Waals surface area contributed by atoms with Crippen molar-refractivity contribution in [3.8, 4) is 11.3 Å². The fourth-order valence-electron chi connectivity index (χ4n) is 5.17. The minimum absolute atomic E-state index is 0.156. The molecule has 2 aliphatic rings. The van der Waals surface area contributed by atoms with E-state index in [2.05, 4.69) is 37.8 Å². The Kier molecular flexibility index (Phi) is 7.10. The summed E-state index contributed by atoms with van der Waals surface area (Å²) in [6.07, 6.45) is 6.41. The van der Waals surface area contributed by atoms with Gasteiger partial charge in [-0.05, 0) is 51.3 Å². The highest BCUT2D eigenvalue weighted by Gasteiger charge is 2.39. The van der Waals surface area contributed by atoms with Gasteiger partial charge in [-0.1, -0.05) is 18.2 Å². The Morgan fingerprint density at radius 1 is 1.29 bits per heavy atom. The van der Waals surface area contributed by atoms with E-state index in [1.165, 1.54) is 17.5 Å². The first-order valence-corrected chi connectivity index (χ1v) is 11.6. The molecule has 4 heterocycles. The molecule has 12 heteroatoms. The third-order valence-electron chi connectivity index (χ3n) is 7.01. The number of piperidine rings is 1. The van der Waals surface area contributed by atoms with Crippen molar-refractivity contribution < 1.29 is 24.6 Å². The average molecular weight is 484 g/mol. The number of aromatic nitrogens is 5. The number of fused-ring (bicyclic) bond motifs is 3. The number of carboxylic acids is 1. The van der Waals surface area contributed by atoms with E-state index in [1.807, 2.05) is 18.2 Å². The number of rotatable bonds is 6. The number of nitrogens with zero attached hydrogens (tertiary/aromatic N) is 5. The van der Waals surface area contributed by atoms with Crippen LogP contribution in [0.25, 0.3) is 22.2 Å². The molecule has 3 unspecified atom stereocenters. The van der Waals surface area contributed by atoms with E-state index in [-0.39, 0.29) is 18.4 Å². The maximum Gasteiger partial charge on any atom is 0.328 e. The highest BCUT2D eigenvalue weighted by Crippen LogP contribution is 2.34. The number of benzene rings is 1. The fraction of sp³-hybridized carbons (Fsp3) is 0.478. The molecule has 5 rings (SSSR count). The van der Waals surface area contributed by atoms with E-state index in [0.29, 0.717) is 29.9 Å². The van der Waals surface area contributed by atoms with Gasteiger partial charge in [0.05, 0.1) is 11.7 Å². The van der Waals surface area contributed by atoms with Gasteiger partial charge in [-0.2, -0.15) is 5.10 Å². The molecule has 186 valence electrons. The first kappa shape index (κ1) is 24.3. The summed E-state index contributed by atoms with van der Waals surface area (Å²) in [6, 6.07) is 6.08. The van der Waals surface area contributed by atoms with Gasteiger partial charge in [-0.25, -0.2) is 9.48 Å². The van der Waals surface area contributed by atoms with Crippen molar-refractivity contribution in [1.29, 1.82) is 0 Å². The summed E-state index contributed by atoms with van der Waals surface area (Å²) in [5.74, 6) is -1.10. The maximum atomic E-state index is 12.9. The third kappa shape index (κ3) is 4.87. The largest absolute Gasteiger partial charge is 0.483 e. The SMILES string of the molecule is CCC(C(=O)O)n1cc(-c2ccc3c(C(=O)NC4CC5CCC(C4)N5C)n[nH]c3c2)nn1.O=CO. The van der Waals surface area contributed by atoms with Crippen molar-refractivity contribution in [2.24, 2.45) is 0 Å². The molecule has 4 N–H and O–H groups in total. The summed E-state index contributed by atoms with van der Waals surface area (Å²) in [4.78, 5) is 35.1. The van der Waals surface area contributed by atoms with E-state index >= 15 is 0 Å². The highest BCUT2D eigenvalue weighted by atomic mass is 16.4. The van der Waals surface area contributed by atoms with Crippen molar-refractivity contribution in [2.45, 2.75) is 63.2 Å². The lowest BCUT2D eigenvalue weighted by Crippen LogP contribution is -2.48. The highest BCUT2D eigenvalue weighted by molar-refractivity contribution is 6.05. The lowest BCUT2D eigenvalue weighted by atomic mass is 9.98. The van der Waals surface area contributed by atoms with Crippen LogP contribution >= 0.6 is 0 Å². The fourth-order valence-corrected chi connectivity index (χ4v) is 5.17. The van der Waals surface area contributed by atoms with Crippen LogP contribution in [0, 0.1) is 0 Å². The molecule has 3 atom stereocenters. The first-order chi connectivity index (χ1) is 16.9. The summed E-state index contributed by atoms with van der Waals surface area (Å²) >= 11 is 0. The molecular formula is C23H29N7O5. The number of aliphatic carboxylic acids is 1. The molecule has 35 heavy (non-hydrogen) atoms. The Morgan fingerprint density at radius 2 is 1.97 bits per heavy atom. The minimum Gasteiger partial charge on any atom is -0.483 e. The van der Waals surface area contributed by atoms with Crippen LogP contribution in [0.15, 0.2) is 24.4 Å². The van der Waals surface area contributed by atoms with Gasteiger partial charge in [-0.15, -0.1) is 5.10 Å². The summed E-state index contributed by atoms with van der Waals surface area (Å²) in [7, 11) is 2.18. The normalized spacial score (nSPS) is 22.3. The van der Waals surface area contributed by atoms with Crippen molar-refractivity contribution >= 4 is 29.3 Å². The molecule has 2 aliphatic heterocycles. The summed E-state index contributed by atoms with van der Waals surface area (Å²) in [5, 5.41) is 35.5. The van der Waals surface area contributed by atoms with Crippen LogP contribution in [0.5, 0.6) is 0 Å². The predicted molar refractivity (Wildman–Crippen MR) is 126 cm³/mol. The van der Waals surface area contributed by atoms with Gasteiger partial charge < -0.3 is 20.4 Å². The smallest absolute Gasteiger partial charge is 0.328 e. The van der Waals surface area contributed by atoms with Gasteiger partial charge in [0.2, 0.25) is 0 Å². The van der Waals surface area contributed by atoms with Crippen LogP contribution in [0.2, 0.25) is 0 Å². The van der Waals surface area contributed by atoms with Gasteiger partial charge in [0.25, 0.3) is 12.4 Å². The second kappa shape index (κ2) is 10.2. The standard InChI is InChI=1S/C22H27N7O3.CH2O2/c1-3-19(22(31)32)29-11-18(25-27-29)12-4-7-16-17(8-12)24-26-20(16)21(30)23-13-9-14-5-6-15(10-13)28(14)2;2-1-3/h4,7-8,11,13-15,19H,3,5-6,9-10H2,1-2H3,(H,23,30)(H,24,26)(H,31,32);1H,(H,2,3). The first-order valence-electron chi connectivity index (χ1n) is 11.6. The van der Waals surface area contributed by atoms with Gasteiger partial charge in [0.15, 0.2) is 11.7 Å². The number of carbonyl (C=O) groups is 3. The van der Waals surface area contributed by atoms with Crippen molar-refractivity contribution in [2.75, 3.05) is 7.05 Å². The number of amides is 1. The Balaban J connectivity index is 0.000000917. The Labute approximate surface area is 201 Å². The molecule has 2 fully saturated rings. The molecule has 0 spiro atoms. The van der Waals surface area contributed by atoms with Gasteiger partial charge >= 0.3 is 5.97 Å². The Bertz CT molecular complexity index is 1210. The zero-order chi connectivity index (χ0) is 25.1. The van der Waals surface area contributed by atoms with E-state index in [1.54, 1.807) is 13.1 Å². The molecule has 12 nitrogen and oxygen atoms in total. The second-order valence-corrected chi connectivity index (χ2v) is 8.98. The zero-order valence-corrected chi connectivity index (χ0v) is 19.6. The molecule has 0 aliphatic carbocycles. The molecule has 1 amide bonds. The Hall–Kier alpha value is -3.80. The molecule has 1 aromatic carbocycles. The molecule has 0 radical (unpaired) electrons. The number of hydrogen-bond acceptors (Lipinski definition) is 7. The summed E-state index contributed by atoms with van der Waals surface area (Å²) in [5.41, 5.74) is 2.44. The Morgan fingerprint density at radius 3 is 2.60 bits per heavy atom.